The van der Waals surface area contributed by atoms with Crippen molar-refractivity contribution in [1.29, 1.82) is 0 Å². The number of hydrogen-bond donors (Lipinski definition) is 1. The number of hydrogen-bond acceptors (Lipinski definition) is 4. The maximum absolute atomic E-state index is 12.5. The van der Waals surface area contributed by atoms with Gasteiger partial charge in [0.15, 0.2) is 0 Å². The molecule has 0 aromatic rings. The monoisotopic (exact) mass is 295 g/mol. The second kappa shape index (κ2) is 5.10. The van der Waals surface area contributed by atoms with Crippen LogP contribution in [0.5, 0.6) is 0 Å². The Kier molecular flexibility index (Phi) is 3.53. The van der Waals surface area contributed by atoms with Gasteiger partial charge >= 0.3 is 5.97 Å². The van der Waals surface area contributed by atoms with Gasteiger partial charge in [-0.1, -0.05) is 12.2 Å². The second-order valence-corrected chi connectivity index (χ2v) is 6.27. The van der Waals surface area contributed by atoms with Crippen LogP contribution in [0.1, 0.15) is 20.3 Å². The molecular formula is C15H21NO5. The van der Waals surface area contributed by atoms with Gasteiger partial charge in [0, 0.05) is 13.2 Å². The normalized spacial score (nSPS) is 36.8. The molecule has 2 saturated heterocycles. The summed E-state index contributed by atoms with van der Waals surface area (Å²) in [6.07, 6.45) is 4.13. The van der Waals surface area contributed by atoms with Crippen molar-refractivity contribution in [1.82, 2.24) is 4.90 Å². The molecule has 1 amide bonds. The van der Waals surface area contributed by atoms with Crippen LogP contribution >= 0.6 is 0 Å². The third-order valence-electron chi connectivity index (χ3n) is 4.49. The molecule has 0 aromatic carbocycles. The standard InChI is InChI=1S/C15H21NO5/c1-9(2)20-7-3-6-16-8-15-5-4-10(21-15)11(14(18)19)12(15)13(16)17/h4-5,9-12H,3,6-8H2,1-2H3,(H,18,19)/t10-,11+,12+,15-/m0/s1. The van der Waals surface area contributed by atoms with E-state index in [9.17, 15) is 14.7 Å². The average Bonchev–Trinajstić information content (AvgIpc) is 3.03. The number of fused-ring (bicyclic) bond motifs is 1. The van der Waals surface area contributed by atoms with Gasteiger partial charge in [0.1, 0.15) is 11.5 Å². The summed E-state index contributed by atoms with van der Waals surface area (Å²) in [7, 11) is 0. The Hall–Kier alpha value is -1.40. The Balaban J connectivity index is 1.65. The number of amides is 1. The molecule has 3 aliphatic heterocycles. The lowest BCUT2D eigenvalue weighted by atomic mass is 9.77. The van der Waals surface area contributed by atoms with Crippen LogP contribution in [0.15, 0.2) is 12.2 Å². The minimum absolute atomic E-state index is 0.0983. The van der Waals surface area contributed by atoms with Crippen molar-refractivity contribution >= 4 is 11.9 Å². The Morgan fingerprint density at radius 1 is 1.62 bits per heavy atom. The first-order valence-electron chi connectivity index (χ1n) is 7.45. The number of aliphatic carboxylic acids is 1. The average molecular weight is 295 g/mol. The Labute approximate surface area is 123 Å². The lowest BCUT2D eigenvalue weighted by molar-refractivity contribution is -0.148. The maximum Gasteiger partial charge on any atom is 0.310 e. The molecule has 4 atom stereocenters. The van der Waals surface area contributed by atoms with Crippen LogP contribution in [-0.2, 0) is 19.1 Å². The summed E-state index contributed by atoms with van der Waals surface area (Å²) < 4.78 is 11.3. The summed E-state index contributed by atoms with van der Waals surface area (Å²) in [5.41, 5.74) is -0.719. The van der Waals surface area contributed by atoms with Gasteiger partial charge in [0.05, 0.1) is 24.7 Å². The van der Waals surface area contributed by atoms with Crippen LogP contribution in [0.2, 0.25) is 0 Å². The Bertz CT molecular complexity index is 488. The fourth-order valence-corrected chi connectivity index (χ4v) is 3.62. The van der Waals surface area contributed by atoms with E-state index in [1.165, 1.54) is 0 Å². The van der Waals surface area contributed by atoms with Gasteiger partial charge in [-0.25, -0.2) is 0 Å². The smallest absolute Gasteiger partial charge is 0.310 e. The van der Waals surface area contributed by atoms with Crippen LogP contribution in [0.3, 0.4) is 0 Å². The van der Waals surface area contributed by atoms with E-state index in [1.54, 1.807) is 11.0 Å². The summed E-state index contributed by atoms with van der Waals surface area (Å²) in [6, 6.07) is 0. The molecule has 6 heteroatoms. The quantitative estimate of drug-likeness (QED) is 0.576. The largest absolute Gasteiger partial charge is 0.481 e. The molecule has 0 radical (unpaired) electrons. The highest BCUT2D eigenvalue weighted by atomic mass is 16.5. The fraction of sp³-hybridized carbons (Fsp3) is 0.733. The highest BCUT2D eigenvalue weighted by molar-refractivity contribution is 5.90. The van der Waals surface area contributed by atoms with Gasteiger partial charge in [-0.3, -0.25) is 9.59 Å². The summed E-state index contributed by atoms with van der Waals surface area (Å²) in [5.74, 6) is -2.37. The van der Waals surface area contributed by atoms with E-state index in [0.717, 1.165) is 6.42 Å². The number of carboxylic acid groups (broad SMARTS) is 1. The highest BCUT2D eigenvalue weighted by Crippen LogP contribution is 2.51. The summed E-state index contributed by atoms with van der Waals surface area (Å²) in [4.78, 5) is 25.7. The van der Waals surface area contributed by atoms with E-state index < -0.39 is 29.5 Å². The first-order chi connectivity index (χ1) is 9.94. The molecule has 0 aromatic heterocycles. The van der Waals surface area contributed by atoms with Gasteiger partial charge < -0.3 is 19.5 Å². The van der Waals surface area contributed by atoms with Crippen LogP contribution in [0.25, 0.3) is 0 Å². The molecule has 0 aliphatic carbocycles. The molecule has 3 rings (SSSR count). The van der Waals surface area contributed by atoms with Crippen LogP contribution in [-0.4, -0.2) is 59.4 Å². The van der Waals surface area contributed by atoms with E-state index >= 15 is 0 Å². The highest BCUT2D eigenvalue weighted by Gasteiger charge is 2.66. The van der Waals surface area contributed by atoms with Gasteiger partial charge in [-0.05, 0) is 20.3 Å². The molecule has 0 unspecified atom stereocenters. The van der Waals surface area contributed by atoms with Crippen molar-refractivity contribution in [3.05, 3.63) is 12.2 Å². The molecule has 0 saturated carbocycles. The lowest BCUT2D eigenvalue weighted by Crippen LogP contribution is -2.39. The molecule has 21 heavy (non-hydrogen) atoms. The molecule has 116 valence electrons. The number of carbonyl (C=O) groups is 2. The van der Waals surface area contributed by atoms with E-state index in [2.05, 4.69) is 0 Å². The molecular weight excluding hydrogens is 274 g/mol. The van der Waals surface area contributed by atoms with E-state index in [1.807, 2.05) is 19.9 Å². The van der Waals surface area contributed by atoms with Gasteiger partial charge in [0.2, 0.25) is 5.91 Å². The fourth-order valence-electron chi connectivity index (χ4n) is 3.62. The minimum Gasteiger partial charge on any atom is -0.481 e. The van der Waals surface area contributed by atoms with Gasteiger partial charge in [-0.2, -0.15) is 0 Å². The van der Waals surface area contributed by atoms with Crippen LogP contribution in [0.4, 0.5) is 0 Å². The van der Waals surface area contributed by atoms with Crippen molar-refractivity contribution in [2.45, 2.75) is 38.1 Å². The topological polar surface area (TPSA) is 76.1 Å². The van der Waals surface area contributed by atoms with Crippen molar-refractivity contribution in [3.8, 4) is 0 Å². The maximum atomic E-state index is 12.5. The second-order valence-electron chi connectivity index (χ2n) is 6.27. The van der Waals surface area contributed by atoms with E-state index in [-0.39, 0.29) is 12.0 Å². The molecule has 3 aliphatic rings. The zero-order valence-electron chi connectivity index (χ0n) is 12.3. The zero-order chi connectivity index (χ0) is 15.2. The van der Waals surface area contributed by atoms with E-state index in [0.29, 0.717) is 19.7 Å². The Morgan fingerprint density at radius 3 is 3.05 bits per heavy atom. The van der Waals surface area contributed by atoms with Crippen molar-refractivity contribution in [2.75, 3.05) is 19.7 Å². The number of carbonyl (C=O) groups excluding carboxylic acids is 1. The lowest BCUT2D eigenvalue weighted by Gasteiger charge is -2.21. The SMILES string of the molecule is CC(C)OCCCN1C[C@]23C=C[C@H](O2)[C@@H](C(=O)O)[C@@H]3C1=O. The molecule has 2 bridgehead atoms. The third-order valence-corrected chi connectivity index (χ3v) is 4.49. The van der Waals surface area contributed by atoms with Crippen LogP contribution < -0.4 is 0 Å². The van der Waals surface area contributed by atoms with Gasteiger partial charge in [-0.15, -0.1) is 0 Å². The number of carboxylic acids is 1. The number of rotatable bonds is 6. The molecule has 1 spiro atoms. The van der Waals surface area contributed by atoms with Crippen molar-refractivity contribution in [3.63, 3.8) is 0 Å². The first kappa shape index (κ1) is 14.5. The first-order valence-corrected chi connectivity index (χ1v) is 7.45. The van der Waals surface area contributed by atoms with Crippen molar-refractivity contribution < 1.29 is 24.2 Å². The summed E-state index contributed by atoms with van der Waals surface area (Å²) in [5, 5.41) is 9.35. The predicted molar refractivity (Wildman–Crippen MR) is 73.6 cm³/mol. The molecule has 3 heterocycles. The number of ether oxygens (including phenoxy) is 2. The molecule has 6 nitrogen and oxygen atoms in total. The minimum atomic E-state index is -0.949. The zero-order valence-corrected chi connectivity index (χ0v) is 12.3. The number of likely N-dealkylation sites (tertiary alicyclic amines) is 1. The van der Waals surface area contributed by atoms with Crippen molar-refractivity contribution in [2.24, 2.45) is 11.8 Å². The third kappa shape index (κ3) is 2.26. The van der Waals surface area contributed by atoms with Crippen LogP contribution in [0, 0.1) is 11.8 Å². The molecule has 2 fully saturated rings. The number of nitrogens with zero attached hydrogens (tertiary/aromatic N) is 1. The molecule has 1 N–H and O–H groups in total. The van der Waals surface area contributed by atoms with Gasteiger partial charge in [0.25, 0.3) is 0 Å². The Morgan fingerprint density at radius 2 is 2.38 bits per heavy atom. The summed E-state index contributed by atoms with van der Waals surface area (Å²) >= 11 is 0. The van der Waals surface area contributed by atoms with E-state index in [4.69, 9.17) is 9.47 Å². The summed E-state index contributed by atoms with van der Waals surface area (Å²) in [6.45, 7) is 5.58. The predicted octanol–water partition coefficient (Wildman–Crippen LogP) is 0.668.